The summed E-state index contributed by atoms with van der Waals surface area (Å²) < 4.78 is 33.1. The van der Waals surface area contributed by atoms with Gasteiger partial charge in [0.05, 0.1) is 6.42 Å². The smallest absolute Gasteiger partial charge is 0.142 e. The van der Waals surface area contributed by atoms with Gasteiger partial charge in [-0.2, -0.15) is 0 Å². The molecular formula is C4H7F2OS+. The summed E-state index contributed by atoms with van der Waals surface area (Å²) in [5, 5.41) is -3.05. The van der Waals surface area contributed by atoms with E-state index in [4.69, 9.17) is 0 Å². The molecule has 0 aromatic rings. The van der Waals surface area contributed by atoms with Crippen molar-refractivity contribution in [3.05, 3.63) is 0 Å². The van der Waals surface area contributed by atoms with Crippen molar-refractivity contribution in [3.63, 3.8) is 0 Å². The molecule has 0 saturated heterocycles. The van der Waals surface area contributed by atoms with Crippen molar-refractivity contribution in [2.24, 2.45) is 0 Å². The van der Waals surface area contributed by atoms with Crippen molar-refractivity contribution < 1.29 is 13.0 Å². The van der Waals surface area contributed by atoms with Gasteiger partial charge in [0.25, 0.3) is 0 Å². The van der Waals surface area contributed by atoms with Crippen molar-refractivity contribution in [3.8, 4) is 0 Å². The Kier molecular flexibility index (Phi) is 2.97. The molecule has 0 aromatic carbocycles. The first-order valence-corrected chi connectivity index (χ1v) is 3.05. The predicted octanol–water partition coefficient (Wildman–Crippen LogP) is 1.81. The minimum Gasteiger partial charge on any atom is -0.142 e. The lowest BCUT2D eigenvalue weighted by Crippen LogP contribution is -2.11. The SMILES string of the molecule is CCCC(F)(F)[S+]=O. The van der Waals surface area contributed by atoms with E-state index in [0.29, 0.717) is 6.42 Å². The fourth-order valence-corrected chi connectivity index (χ4v) is 0.620. The average molecular weight is 141 g/mol. The molecule has 1 nitrogen and oxygen atoms in total. The van der Waals surface area contributed by atoms with Crippen LogP contribution < -0.4 is 0 Å². The van der Waals surface area contributed by atoms with Crippen LogP contribution in [0.15, 0.2) is 0 Å². The Morgan fingerprint density at radius 2 is 2.12 bits per heavy atom. The largest absolute Gasteiger partial charge is 0.542 e. The van der Waals surface area contributed by atoms with E-state index < -0.39 is 16.9 Å². The summed E-state index contributed by atoms with van der Waals surface area (Å²) in [6.45, 7) is 1.62. The first-order chi connectivity index (χ1) is 3.62. The number of alkyl halides is 2. The zero-order valence-electron chi connectivity index (χ0n) is 4.49. The summed E-state index contributed by atoms with van der Waals surface area (Å²) in [6.07, 6.45) is 0.0312. The van der Waals surface area contributed by atoms with Crippen LogP contribution in [0.4, 0.5) is 8.78 Å². The van der Waals surface area contributed by atoms with Gasteiger partial charge in [-0.15, -0.1) is 8.78 Å². The molecule has 0 N–H and O–H groups in total. The van der Waals surface area contributed by atoms with Crippen LogP contribution in [0.3, 0.4) is 0 Å². The number of hydrogen-bond donors (Lipinski definition) is 0. The highest BCUT2D eigenvalue weighted by atomic mass is 32.1. The lowest BCUT2D eigenvalue weighted by molar-refractivity contribution is 0.0907. The van der Waals surface area contributed by atoms with Crippen molar-refractivity contribution >= 4 is 11.7 Å². The van der Waals surface area contributed by atoms with Crippen LogP contribution in [-0.2, 0) is 15.9 Å². The molecule has 0 saturated carbocycles. The van der Waals surface area contributed by atoms with Gasteiger partial charge in [-0.05, 0) is 6.42 Å². The maximum atomic E-state index is 11.8. The Bertz CT molecular complexity index is 84.1. The van der Waals surface area contributed by atoms with Gasteiger partial charge in [-0.3, -0.25) is 0 Å². The van der Waals surface area contributed by atoms with Gasteiger partial charge in [0, 0.05) is 4.21 Å². The Morgan fingerprint density at radius 3 is 2.25 bits per heavy atom. The van der Waals surface area contributed by atoms with E-state index in [1.54, 1.807) is 6.92 Å². The van der Waals surface area contributed by atoms with Gasteiger partial charge in [-0.25, -0.2) is 0 Å². The second-order valence-corrected chi connectivity index (χ2v) is 2.23. The maximum absolute atomic E-state index is 11.8. The lowest BCUT2D eigenvalue weighted by Gasteiger charge is -1.90. The molecule has 0 rings (SSSR count). The monoisotopic (exact) mass is 141 g/mol. The van der Waals surface area contributed by atoms with E-state index in [0.717, 1.165) is 0 Å². The van der Waals surface area contributed by atoms with E-state index in [-0.39, 0.29) is 6.42 Å². The quantitative estimate of drug-likeness (QED) is 0.548. The molecule has 48 valence electrons. The minimum atomic E-state index is -3.05. The first-order valence-electron chi connectivity index (χ1n) is 2.31. The molecule has 0 heterocycles. The van der Waals surface area contributed by atoms with Crippen LogP contribution in [0.2, 0.25) is 0 Å². The van der Waals surface area contributed by atoms with Crippen LogP contribution in [0.5, 0.6) is 0 Å². The van der Waals surface area contributed by atoms with Gasteiger partial charge >= 0.3 is 16.9 Å². The predicted molar refractivity (Wildman–Crippen MR) is 27.9 cm³/mol. The summed E-state index contributed by atoms with van der Waals surface area (Å²) in [5.41, 5.74) is 0. The Balaban J connectivity index is 3.53. The van der Waals surface area contributed by atoms with E-state index in [1.807, 2.05) is 0 Å². The molecule has 4 heteroatoms. The Labute approximate surface area is 50.6 Å². The summed E-state index contributed by atoms with van der Waals surface area (Å²) >= 11 is -0.632. The van der Waals surface area contributed by atoms with Crippen molar-refractivity contribution in [2.45, 2.75) is 25.0 Å². The molecular weight excluding hydrogens is 134 g/mol. The highest BCUT2D eigenvalue weighted by molar-refractivity contribution is 7.66. The molecule has 0 fully saturated rings. The van der Waals surface area contributed by atoms with Crippen LogP contribution in [0.25, 0.3) is 0 Å². The topological polar surface area (TPSA) is 17.1 Å². The molecule has 0 aromatic heterocycles. The standard InChI is InChI=1S/C4H7F2OS/c1-2-3-4(5,6)8-7/h2-3H2,1H3/q+1. The second-order valence-electron chi connectivity index (χ2n) is 1.47. The summed E-state index contributed by atoms with van der Waals surface area (Å²) in [4.78, 5) is 0. The number of hydrogen-bond acceptors (Lipinski definition) is 1. The molecule has 0 spiro atoms. The molecule has 0 atom stereocenters. The van der Waals surface area contributed by atoms with Crippen molar-refractivity contribution in [2.75, 3.05) is 0 Å². The van der Waals surface area contributed by atoms with Gasteiger partial charge in [0.15, 0.2) is 0 Å². The molecule has 0 aliphatic rings. The lowest BCUT2D eigenvalue weighted by atomic mass is 10.3. The number of halogens is 2. The highest BCUT2D eigenvalue weighted by Gasteiger charge is 2.44. The maximum Gasteiger partial charge on any atom is 0.542 e. The fourth-order valence-electron chi connectivity index (χ4n) is 0.333. The third-order valence-electron chi connectivity index (χ3n) is 0.663. The van der Waals surface area contributed by atoms with E-state index in [2.05, 4.69) is 0 Å². The molecule has 0 amide bonds. The molecule has 8 heavy (non-hydrogen) atoms. The summed E-state index contributed by atoms with van der Waals surface area (Å²) in [7, 11) is 0. The molecule has 0 unspecified atom stereocenters. The molecule has 0 aliphatic carbocycles. The van der Waals surface area contributed by atoms with E-state index in [1.165, 1.54) is 0 Å². The van der Waals surface area contributed by atoms with E-state index >= 15 is 0 Å². The van der Waals surface area contributed by atoms with Crippen LogP contribution >= 0.6 is 0 Å². The van der Waals surface area contributed by atoms with Crippen LogP contribution in [0, 0.1) is 0 Å². The Hall–Kier alpha value is -0.120. The zero-order chi connectivity index (χ0) is 6.62. The summed E-state index contributed by atoms with van der Waals surface area (Å²) in [5.74, 6) is 0. The number of rotatable bonds is 3. The average Bonchev–Trinajstić information content (AvgIpc) is 1.67. The fraction of sp³-hybridized carbons (Fsp3) is 1.00. The van der Waals surface area contributed by atoms with Crippen LogP contribution in [-0.4, -0.2) is 5.25 Å². The van der Waals surface area contributed by atoms with Gasteiger partial charge in [0.1, 0.15) is 0 Å². The van der Waals surface area contributed by atoms with Crippen molar-refractivity contribution in [1.29, 1.82) is 0 Å². The first kappa shape index (κ1) is 7.88. The zero-order valence-corrected chi connectivity index (χ0v) is 5.30. The van der Waals surface area contributed by atoms with Gasteiger partial charge in [0.2, 0.25) is 0 Å². The molecule has 0 radical (unpaired) electrons. The highest BCUT2D eigenvalue weighted by Crippen LogP contribution is 2.18. The van der Waals surface area contributed by atoms with Crippen molar-refractivity contribution in [1.82, 2.24) is 0 Å². The van der Waals surface area contributed by atoms with Gasteiger partial charge in [-0.1, -0.05) is 6.92 Å². The third-order valence-corrected chi connectivity index (χ3v) is 1.11. The summed E-state index contributed by atoms with van der Waals surface area (Å²) in [6, 6.07) is 0. The van der Waals surface area contributed by atoms with Crippen LogP contribution in [0.1, 0.15) is 19.8 Å². The molecule has 0 aliphatic heterocycles. The molecule has 0 bridgehead atoms. The Morgan fingerprint density at radius 1 is 1.62 bits per heavy atom. The second kappa shape index (κ2) is 3.02. The van der Waals surface area contributed by atoms with E-state index in [9.17, 15) is 13.0 Å². The van der Waals surface area contributed by atoms with Gasteiger partial charge < -0.3 is 0 Å². The minimum absolute atomic E-state index is 0.318. The normalized spacial score (nSPS) is 11.4. The third kappa shape index (κ3) is 2.96.